The summed E-state index contributed by atoms with van der Waals surface area (Å²) in [7, 11) is 0.848. The fraction of sp³-hybridized carbons (Fsp3) is 0.114. The molecule has 0 saturated heterocycles. The summed E-state index contributed by atoms with van der Waals surface area (Å²) < 4.78 is 0. The Morgan fingerprint density at radius 3 is 1.65 bits per heavy atom. The minimum absolute atomic E-state index is 0.436. The van der Waals surface area contributed by atoms with E-state index in [-0.39, 0.29) is 0 Å². The summed E-state index contributed by atoms with van der Waals surface area (Å²) in [5.41, 5.74) is 7.48. The van der Waals surface area contributed by atoms with Crippen LogP contribution >= 0.6 is 43.6 Å². The molecule has 0 amide bonds. The Morgan fingerprint density at radius 2 is 1.12 bits per heavy atom. The number of aromatic nitrogens is 1. The van der Waals surface area contributed by atoms with E-state index in [0.717, 1.165) is 25.1 Å². The van der Waals surface area contributed by atoms with Crippen molar-refractivity contribution in [2.24, 2.45) is 0 Å². The van der Waals surface area contributed by atoms with Crippen LogP contribution in [-0.2, 0) is 12.3 Å². The molecule has 7 aromatic rings. The summed E-state index contributed by atoms with van der Waals surface area (Å²) in [5.74, 6) is 0.436. The molecule has 0 spiro atoms. The molecule has 7 rings (SSSR count). The van der Waals surface area contributed by atoms with Crippen LogP contribution in [0.3, 0.4) is 0 Å². The normalized spacial score (nSPS) is 12.4. The van der Waals surface area contributed by atoms with Crippen LogP contribution in [0.25, 0.3) is 22.0 Å². The first-order chi connectivity index (χ1) is 23.9. The summed E-state index contributed by atoms with van der Waals surface area (Å²) in [4.78, 5) is 4.82. The Labute approximate surface area is 309 Å². The van der Waals surface area contributed by atoms with Crippen LogP contribution in [0.2, 0.25) is 0 Å². The molecule has 0 aliphatic rings. The maximum absolute atomic E-state index is 4.82. The fourth-order valence-electron chi connectivity index (χ4n) is 6.56. The molecule has 1 atom stereocenters. The van der Waals surface area contributed by atoms with Gasteiger partial charge in [0, 0.05) is 0 Å². The third-order valence-electron chi connectivity index (χ3n) is 9.11. The summed E-state index contributed by atoms with van der Waals surface area (Å²) >= 11 is 8.04. The quantitative estimate of drug-likeness (QED) is 0.132. The van der Waals surface area contributed by atoms with Gasteiger partial charge in [0.05, 0.1) is 0 Å². The molecule has 1 unspecified atom stereocenters. The Kier molecular flexibility index (Phi) is 11.6. The zero-order valence-corrected chi connectivity index (χ0v) is 33.0. The van der Waals surface area contributed by atoms with E-state index in [1.165, 1.54) is 49.1 Å². The van der Waals surface area contributed by atoms with Crippen LogP contribution in [0.4, 0.5) is 0 Å². The van der Waals surface area contributed by atoms with Gasteiger partial charge in [0.2, 0.25) is 0 Å². The number of fused-ring (bicyclic) bond motifs is 1. The molecule has 246 valence electrons. The number of hydrogen-bond donors (Lipinski definition) is 0. The Balaban J connectivity index is 0.000000403. The van der Waals surface area contributed by atoms with Crippen molar-refractivity contribution in [3.05, 3.63) is 193 Å². The fourth-order valence-corrected chi connectivity index (χ4v) is 15.6. The maximum atomic E-state index is 4.82. The van der Waals surface area contributed by atoms with Crippen molar-refractivity contribution in [1.82, 2.24) is 4.98 Å². The molecule has 5 heteroatoms. The molecule has 0 radical (unpaired) electrons. The molecule has 0 fully saturated rings. The van der Waals surface area contributed by atoms with Crippen molar-refractivity contribution in [2.75, 3.05) is 0 Å². The molecular formula is C44H41Br2NP2. The summed E-state index contributed by atoms with van der Waals surface area (Å²) in [6, 6.07) is 61.4. The first-order valence-electron chi connectivity index (χ1n) is 16.7. The third-order valence-corrected chi connectivity index (χ3v) is 20.0. The molecule has 0 bridgehead atoms. The van der Waals surface area contributed by atoms with E-state index < -0.39 is 5.31 Å². The van der Waals surface area contributed by atoms with E-state index in [1.54, 1.807) is 0 Å². The zero-order chi connectivity index (χ0) is 34.1. The van der Waals surface area contributed by atoms with E-state index in [4.69, 9.17) is 4.98 Å². The van der Waals surface area contributed by atoms with E-state index in [1.807, 2.05) is 18.3 Å². The molecular weight excluding hydrogens is 764 g/mol. The Hall–Kier alpha value is -3.45. The van der Waals surface area contributed by atoms with Gasteiger partial charge in [0.1, 0.15) is 0 Å². The van der Waals surface area contributed by atoms with Crippen molar-refractivity contribution in [2.45, 2.75) is 32.1 Å². The van der Waals surface area contributed by atoms with Gasteiger partial charge >= 0.3 is 246 Å². The van der Waals surface area contributed by atoms with Gasteiger partial charge in [-0.2, -0.15) is 0 Å². The molecule has 6 aromatic carbocycles. The predicted molar refractivity (Wildman–Crippen MR) is 226 cm³/mol. The molecule has 1 nitrogen and oxygen atoms in total. The standard InChI is InChI=1S/C37H33BrNP.C7H8BrP/c1-28(2)32-25-31-16-13-23-39-37(31)36(26-32)30-15-12-14-29(24-30)27-40(38,33-17-6-3-7-18-33,34-19-8-4-9-20-34)35-21-10-5-11-22-35;8-9-6-7-4-2-1-3-5-7/h3-26,28H,27H2,1-2H3;1-5,9H,6H2. The summed E-state index contributed by atoms with van der Waals surface area (Å²) in [6.45, 7) is 4.51. The molecule has 1 heterocycles. The number of halogens is 2. The first kappa shape index (κ1) is 35.4. The van der Waals surface area contributed by atoms with Crippen LogP contribution in [0.1, 0.15) is 36.5 Å². The first-order valence-corrected chi connectivity index (χ1v) is 24.6. The van der Waals surface area contributed by atoms with Gasteiger partial charge in [-0.1, -0.05) is 45.8 Å². The number of hydrogen-bond acceptors (Lipinski definition) is 1. The zero-order valence-electron chi connectivity index (χ0n) is 27.9. The van der Waals surface area contributed by atoms with E-state index in [0.29, 0.717) is 5.92 Å². The topological polar surface area (TPSA) is 12.9 Å². The second-order valence-corrected chi connectivity index (χ2v) is 23.9. The van der Waals surface area contributed by atoms with Crippen molar-refractivity contribution in [3.8, 4) is 11.1 Å². The monoisotopic (exact) mass is 803 g/mol. The average Bonchev–Trinajstić information content (AvgIpc) is 3.16. The second kappa shape index (κ2) is 16.1. The number of rotatable bonds is 9. The molecule has 49 heavy (non-hydrogen) atoms. The number of nitrogens with zero attached hydrogens (tertiary/aromatic N) is 1. The van der Waals surface area contributed by atoms with Gasteiger partial charge in [-0.3, -0.25) is 0 Å². The van der Waals surface area contributed by atoms with Crippen LogP contribution in [-0.4, -0.2) is 4.98 Å². The number of benzene rings is 6. The average molecular weight is 806 g/mol. The van der Waals surface area contributed by atoms with Crippen LogP contribution in [0, 0.1) is 0 Å². The van der Waals surface area contributed by atoms with Gasteiger partial charge in [-0.05, 0) is 19.0 Å². The number of pyridine rings is 1. The van der Waals surface area contributed by atoms with Crippen LogP contribution in [0.5, 0.6) is 0 Å². The van der Waals surface area contributed by atoms with E-state index in [2.05, 4.69) is 203 Å². The SMILES string of the molecule is BrPCc1ccccc1.CC(C)c1cc(-c2cccc(CP(Br)(c3ccccc3)(c3ccccc3)c3ccccc3)c2)c2ncccc2c1. The van der Waals surface area contributed by atoms with Crippen molar-refractivity contribution in [1.29, 1.82) is 0 Å². The summed E-state index contributed by atoms with van der Waals surface area (Å²) in [5, 5.41) is 2.06. The van der Waals surface area contributed by atoms with Crippen LogP contribution < -0.4 is 15.9 Å². The predicted octanol–water partition coefficient (Wildman–Crippen LogP) is 12.5. The van der Waals surface area contributed by atoms with E-state index >= 15 is 0 Å². The third kappa shape index (κ3) is 7.67. The van der Waals surface area contributed by atoms with Crippen LogP contribution in [0.15, 0.2) is 176 Å². The van der Waals surface area contributed by atoms with Crippen molar-refractivity contribution < 1.29 is 0 Å². The van der Waals surface area contributed by atoms with Gasteiger partial charge in [-0.15, -0.1) is 0 Å². The molecule has 0 aliphatic heterocycles. The molecule has 1 aromatic heterocycles. The summed E-state index contributed by atoms with van der Waals surface area (Å²) in [6.07, 6.45) is 3.91. The molecule has 0 saturated carbocycles. The van der Waals surface area contributed by atoms with Gasteiger partial charge in [-0.25, -0.2) is 0 Å². The van der Waals surface area contributed by atoms with Crippen molar-refractivity contribution >= 4 is 70.4 Å². The van der Waals surface area contributed by atoms with Crippen molar-refractivity contribution in [3.63, 3.8) is 0 Å². The molecule has 0 aliphatic carbocycles. The van der Waals surface area contributed by atoms with Gasteiger partial charge in [0.25, 0.3) is 0 Å². The minimum atomic E-state index is -3.10. The molecule has 0 N–H and O–H groups in total. The Bertz CT molecular complexity index is 2010. The Morgan fingerprint density at radius 1 is 0.592 bits per heavy atom. The van der Waals surface area contributed by atoms with Gasteiger partial charge in [0.15, 0.2) is 0 Å². The van der Waals surface area contributed by atoms with Gasteiger partial charge < -0.3 is 0 Å². The second-order valence-electron chi connectivity index (χ2n) is 12.6. The van der Waals surface area contributed by atoms with E-state index in [9.17, 15) is 0 Å².